The first-order valence-corrected chi connectivity index (χ1v) is 4.91. The molecule has 0 atom stereocenters. The molecule has 0 fully saturated rings. The van der Waals surface area contributed by atoms with Crippen LogP contribution in [0.3, 0.4) is 0 Å². The molecule has 7 heteroatoms. The fourth-order valence-corrected chi connectivity index (χ4v) is 1.76. The molecule has 3 N–H and O–H groups in total. The summed E-state index contributed by atoms with van der Waals surface area (Å²) in [5.41, 5.74) is 5.28. The van der Waals surface area contributed by atoms with Crippen molar-refractivity contribution in [3.05, 3.63) is 27.2 Å². The molecule has 76 valence electrons. The van der Waals surface area contributed by atoms with E-state index in [1.54, 1.807) is 0 Å². The van der Waals surface area contributed by atoms with Crippen molar-refractivity contribution in [3.8, 4) is 0 Å². The first-order chi connectivity index (χ1) is 6.43. The van der Waals surface area contributed by atoms with E-state index in [4.69, 9.17) is 17.3 Å². The summed E-state index contributed by atoms with van der Waals surface area (Å²) in [5.74, 6) is -2.19. The highest BCUT2D eigenvalue weighted by Crippen LogP contribution is 2.34. The molecule has 0 aliphatic carbocycles. The standard InChI is InChI=1S/C7H4BrClF2N2S/c8-2-1-3(10)5(11)4(9)6(2)13-7(12)14/h1H,(H3,12,13,14). The summed E-state index contributed by atoms with van der Waals surface area (Å²) < 4.78 is 26.0. The third kappa shape index (κ3) is 2.31. The van der Waals surface area contributed by atoms with Gasteiger partial charge in [0.15, 0.2) is 16.7 Å². The van der Waals surface area contributed by atoms with Crippen molar-refractivity contribution in [2.24, 2.45) is 5.73 Å². The fraction of sp³-hybridized carbons (Fsp3) is 0. The fourth-order valence-electron chi connectivity index (χ4n) is 0.804. The summed E-state index contributed by atoms with van der Waals surface area (Å²) in [4.78, 5) is 0. The predicted octanol–water partition coefficient (Wildman–Crippen LogP) is 3.04. The summed E-state index contributed by atoms with van der Waals surface area (Å²) in [7, 11) is 0. The molecule has 0 saturated carbocycles. The van der Waals surface area contributed by atoms with Gasteiger partial charge in [-0.05, 0) is 34.2 Å². The van der Waals surface area contributed by atoms with Gasteiger partial charge >= 0.3 is 0 Å². The van der Waals surface area contributed by atoms with Gasteiger partial charge in [0.25, 0.3) is 0 Å². The Hall–Kier alpha value is -0.460. The first kappa shape index (κ1) is 11.6. The lowest BCUT2D eigenvalue weighted by atomic mass is 10.3. The highest BCUT2D eigenvalue weighted by atomic mass is 79.9. The van der Waals surface area contributed by atoms with Crippen LogP contribution in [-0.4, -0.2) is 5.11 Å². The Kier molecular flexibility index (Phi) is 3.63. The Labute approximate surface area is 97.5 Å². The molecule has 0 saturated heterocycles. The second-order valence-corrected chi connectivity index (χ2v) is 4.00. The van der Waals surface area contributed by atoms with Crippen LogP contribution in [0.15, 0.2) is 10.5 Å². The van der Waals surface area contributed by atoms with Gasteiger partial charge in [0.1, 0.15) is 5.02 Å². The van der Waals surface area contributed by atoms with Gasteiger partial charge in [0, 0.05) is 4.47 Å². The maximum absolute atomic E-state index is 13.0. The zero-order valence-electron chi connectivity index (χ0n) is 6.57. The molecular weight excluding hydrogens is 298 g/mol. The smallest absolute Gasteiger partial charge is 0.179 e. The molecule has 0 aliphatic rings. The van der Waals surface area contributed by atoms with Crippen molar-refractivity contribution < 1.29 is 8.78 Å². The van der Waals surface area contributed by atoms with Crippen molar-refractivity contribution in [2.75, 3.05) is 5.32 Å². The zero-order chi connectivity index (χ0) is 10.9. The van der Waals surface area contributed by atoms with Crippen LogP contribution >= 0.6 is 39.7 Å². The Balaban J connectivity index is 3.29. The average Bonchev–Trinajstić information content (AvgIpc) is 2.09. The van der Waals surface area contributed by atoms with E-state index in [1.165, 1.54) is 0 Å². The molecule has 0 unspecified atom stereocenters. The maximum Gasteiger partial charge on any atom is 0.179 e. The van der Waals surface area contributed by atoms with Gasteiger partial charge in [-0.3, -0.25) is 0 Å². The van der Waals surface area contributed by atoms with Crippen LogP contribution in [-0.2, 0) is 0 Å². The normalized spacial score (nSPS) is 10.0. The van der Waals surface area contributed by atoms with Crippen LogP contribution in [0, 0.1) is 11.6 Å². The Morgan fingerprint density at radius 1 is 1.57 bits per heavy atom. The van der Waals surface area contributed by atoms with Gasteiger partial charge in [-0.2, -0.15) is 0 Å². The van der Waals surface area contributed by atoms with E-state index in [2.05, 4.69) is 33.5 Å². The van der Waals surface area contributed by atoms with Crippen LogP contribution < -0.4 is 11.1 Å². The second-order valence-electron chi connectivity index (χ2n) is 2.33. The summed E-state index contributed by atoms with van der Waals surface area (Å²) in [6.45, 7) is 0. The molecule has 0 amide bonds. The van der Waals surface area contributed by atoms with Gasteiger partial charge in [-0.1, -0.05) is 11.6 Å². The van der Waals surface area contributed by atoms with E-state index >= 15 is 0 Å². The molecule has 1 rings (SSSR count). The van der Waals surface area contributed by atoms with Crippen LogP contribution in [0.5, 0.6) is 0 Å². The molecule has 2 nitrogen and oxygen atoms in total. The van der Waals surface area contributed by atoms with Gasteiger partial charge in [-0.25, -0.2) is 8.78 Å². The molecule has 0 heterocycles. The van der Waals surface area contributed by atoms with E-state index in [0.717, 1.165) is 6.07 Å². The van der Waals surface area contributed by atoms with E-state index in [1.807, 2.05) is 0 Å². The lowest BCUT2D eigenvalue weighted by Crippen LogP contribution is -2.19. The minimum Gasteiger partial charge on any atom is -0.376 e. The molecule has 0 bridgehead atoms. The largest absolute Gasteiger partial charge is 0.376 e. The highest BCUT2D eigenvalue weighted by molar-refractivity contribution is 9.10. The lowest BCUT2D eigenvalue weighted by molar-refractivity contribution is 0.509. The minimum absolute atomic E-state index is 0.0846. The number of anilines is 1. The zero-order valence-corrected chi connectivity index (χ0v) is 9.73. The lowest BCUT2D eigenvalue weighted by Gasteiger charge is -2.09. The summed E-state index contributed by atoms with van der Waals surface area (Å²) in [6, 6.07) is 0.932. The van der Waals surface area contributed by atoms with Crippen molar-refractivity contribution in [1.82, 2.24) is 0 Å². The highest BCUT2D eigenvalue weighted by Gasteiger charge is 2.15. The number of nitrogens with one attached hydrogen (secondary N) is 1. The Morgan fingerprint density at radius 3 is 2.64 bits per heavy atom. The predicted molar refractivity (Wildman–Crippen MR) is 59.5 cm³/mol. The number of hydrogen-bond donors (Lipinski definition) is 2. The number of hydrogen-bond acceptors (Lipinski definition) is 1. The SMILES string of the molecule is NC(=S)Nc1c(Br)cc(F)c(F)c1Cl. The quantitative estimate of drug-likeness (QED) is 0.476. The molecule has 14 heavy (non-hydrogen) atoms. The molecule has 1 aromatic rings. The molecule has 0 spiro atoms. The van der Waals surface area contributed by atoms with E-state index in [9.17, 15) is 8.78 Å². The average molecular weight is 302 g/mol. The minimum atomic E-state index is -1.14. The maximum atomic E-state index is 13.0. The van der Waals surface area contributed by atoms with Gasteiger partial charge < -0.3 is 11.1 Å². The number of thiocarbonyl (C=S) groups is 1. The van der Waals surface area contributed by atoms with Crippen molar-refractivity contribution in [2.45, 2.75) is 0 Å². The van der Waals surface area contributed by atoms with E-state index in [-0.39, 0.29) is 15.3 Å². The molecule has 0 radical (unpaired) electrons. The van der Waals surface area contributed by atoms with E-state index in [0.29, 0.717) is 0 Å². The van der Waals surface area contributed by atoms with Gasteiger partial charge in [0.2, 0.25) is 0 Å². The molecule has 0 aliphatic heterocycles. The number of halogens is 4. The monoisotopic (exact) mass is 300 g/mol. The van der Waals surface area contributed by atoms with Crippen molar-refractivity contribution in [3.63, 3.8) is 0 Å². The number of nitrogens with two attached hydrogens (primary N) is 1. The third-order valence-corrected chi connectivity index (χ3v) is 2.44. The number of rotatable bonds is 1. The number of benzene rings is 1. The van der Waals surface area contributed by atoms with Crippen LogP contribution in [0.1, 0.15) is 0 Å². The van der Waals surface area contributed by atoms with Crippen molar-refractivity contribution in [1.29, 1.82) is 0 Å². The van der Waals surface area contributed by atoms with Gasteiger partial charge in [0.05, 0.1) is 5.69 Å². The summed E-state index contributed by atoms with van der Waals surface area (Å²) in [6.07, 6.45) is 0. The second kappa shape index (κ2) is 4.37. The topological polar surface area (TPSA) is 38.0 Å². The van der Waals surface area contributed by atoms with Crippen LogP contribution in [0.2, 0.25) is 5.02 Å². The third-order valence-electron chi connectivity index (χ3n) is 1.36. The van der Waals surface area contributed by atoms with Crippen LogP contribution in [0.25, 0.3) is 0 Å². The Bertz CT molecular complexity index is 400. The van der Waals surface area contributed by atoms with Crippen LogP contribution in [0.4, 0.5) is 14.5 Å². The van der Waals surface area contributed by atoms with Crippen molar-refractivity contribution >= 4 is 50.5 Å². The molecule has 0 aromatic heterocycles. The molecular formula is C7H4BrClF2N2S. The summed E-state index contributed by atoms with van der Waals surface area (Å²) >= 11 is 13.1. The Morgan fingerprint density at radius 2 is 2.14 bits per heavy atom. The summed E-state index contributed by atoms with van der Waals surface area (Å²) in [5, 5.41) is 1.95. The van der Waals surface area contributed by atoms with Gasteiger partial charge in [-0.15, -0.1) is 0 Å². The first-order valence-electron chi connectivity index (χ1n) is 3.33. The van der Waals surface area contributed by atoms with E-state index < -0.39 is 16.7 Å². The molecule has 1 aromatic carbocycles.